The molecule has 29 heavy (non-hydrogen) atoms. The van der Waals surface area contributed by atoms with Crippen LogP contribution < -0.4 is 14.8 Å². The van der Waals surface area contributed by atoms with E-state index in [4.69, 9.17) is 16.3 Å². The van der Waals surface area contributed by atoms with E-state index in [0.29, 0.717) is 15.2 Å². The predicted molar refractivity (Wildman–Crippen MR) is 109 cm³/mol. The lowest BCUT2D eigenvalue weighted by Crippen LogP contribution is -2.22. The van der Waals surface area contributed by atoms with E-state index in [-0.39, 0.29) is 16.7 Å². The number of hydrogen-bond acceptors (Lipinski definition) is 6. The number of para-hydroxylation sites is 2. The fourth-order valence-corrected chi connectivity index (χ4v) is 4.02. The second-order valence-electron chi connectivity index (χ2n) is 6.10. The Morgan fingerprint density at radius 3 is 2.72 bits per heavy atom. The Morgan fingerprint density at radius 1 is 1.10 bits per heavy atom. The highest BCUT2D eigenvalue weighted by Crippen LogP contribution is 2.23. The van der Waals surface area contributed by atoms with Gasteiger partial charge >= 0.3 is 0 Å². The van der Waals surface area contributed by atoms with Crippen molar-refractivity contribution >= 4 is 45.0 Å². The molecule has 6 nitrogen and oxygen atoms in total. The number of thiazole rings is 1. The van der Waals surface area contributed by atoms with Crippen LogP contribution in [0.3, 0.4) is 0 Å². The molecule has 0 aliphatic carbocycles. The summed E-state index contributed by atoms with van der Waals surface area (Å²) in [4.78, 5) is 25.2. The number of imidazole rings is 1. The lowest BCUT2D eigenvalue weighted by Gasteiger charge is -2.05. The van der Waals surface area contributed by atoms with Gasteiger partial charge in [-0.3, -0.25) is 4.79 Å². The van der Waals surface area contributed by atoms with Crippen molar-refractivity contribution in [2.75, 3.05) is 0 Å². The minimum Gasteiger partial charge on any atom is -0.436 e. The van der Waals surface area contributed by atoms with Crippen molar-refractivity contribution in [3.63, 3.8) is 0 Å². The highest BCUT2D eigenvalue weighted by atomic mass is 35.5. The van der Waals surface area contributed by atoms with E-state index in [1.165, 1.54) is 11.3 Å². The second kappa shape index (κ2) is 6.91. The molecule has 5 aromatic rings. The van der Waals surface area contributed by atoms with Crippen molar-refractivity contribution in [1.82, 2.24) is 19.4 Å². The summed E-state index contributed by atoms with van der Waals surface area (Å²) in [5.74, 6) is -0.588. The lowest BCUT2D eigenvalue weighted by atomic mass is 10.2. The Bertz CT molecular complexity index is 1480. The van der Waals surface area contributed by atoms with Gasteiger partial charge in [-0.05, 0) is 47.5 Å². The van der Waals surface area contributed by atoms with Crippen molar-refractivity contribution < 1.29 is 9.13 Å². The number of rotatable bonds is 3. The molecule has 9 heteroatoms. The second-order valence-corrected chi connectivity index (χ2v) is 7.44. The zero-order chi connectivity index (χ0) is 20.0. The predicted octanol–water partition coefficient (Wildman–Crippen LogP) is 3.83. The van der Waals surface area contributed by atoms with E-state index in [2.05, 4.69) is 15.0 Å². The van der Waals surface area contributed by atoms with Crippen LogP contribution in [-0.2, 0) is 0 Å². The summed E-state index contributed by atoms with van der Waals surface area (Å²) in [6.07, 6.45) is 2.72. The molecule has 3 aromatic heterocycles. The average Bonchev–Trinajstić information content (AvgIpc) is 3.22. The number of fused-ring (bicyclic) bond motifs is 3. The quantitative estimate of drug-likeness (QED) is 0.412. The summed E-state index contributed by atoms with van der Waals surface area (Å²) >= 11 is 6.99. The Hall–Kier alpha value is -3.36. The van der Waals surface area contributed by atoms with Gasteiger partial charge in [-0.1, -0.05) is 35.6 Å². The van der Waals surface area contributed by atoms with Crippen LogP contribution in [0, 0.1) is 5.82 Å². The third kappa shape index (κ3) is 3.22. The fraction of sp³-hybridized carbons (Fsp3) is 0. The van der Waals surface area contributed by atoms with Gasteiger partial charge in [0.2, 0.25) is 11.1 Å². The number of nitrogens with zero attached hydrogens (tertiary/aromatic N) is 4. The van der Waals surface area contributed by atoms with Gasteiger partial charge in [-0.25, -0.2) is 14.4 Å². The smallest absolute Gasteiger partial charge is 0.274 e. The molecular formula is C20H10ClFN4O2S. The number of halogens is 2. The molecule has 0 saturated heterocycles. The first-order valence-electron chi connectivity index (χ1n) is 8.46. The fourth-order valence-electron chi connectivity index (χ4n) is 2.91. The first-order chi connectivity index (χ1) is 14.1. The van der Waals surface area contributed by atoms with Crippen LogP contribution in [-0.4, -0.2) is 19.4 Å². The topological polar surface area (TPSA) is 69.4 Å². The molecule has 0 aliphatic heterocycles. The largest absolute Gasteiger partial charge is 0.436 e. The van der Waals surface area contributed by atoms with E-state index in [0.717, 1.165) is 22.8 Å². The number of benzene rings is 2. The molecule has 5 rings (SSSR count). The van der Waals surface area contributed by atoms with E-state index >= 15 is 0 Å². The Morgan fingerprint density at radius 2 is 1.90 bits per heavy atom. The van der Waals surface area contributed by atoms with Gasteiger partial charge in [0.25, 0.3) is 11.4 Å². The van der Waals surface area contributed by atoms with Gasteiger partial charge < -0.3 is 4.74 Å². The molecule has 2 aromatic carbocycles. The third-order valence-corrected chi connectivity index (χ3v) is 5.37. The van der Waals surface area contributed by atoms with Crippen LogP contribution in [0.25, 0.3) is 22.1 Å². The molecule has 0 saturated carbocycles. The lowest BCUT2D eigenvalue weighted by molar-refractivity contribution is 0.420. The Kier molecular flexibility index (Phi) is 4.22. The highest BCUT2D eigenvalue weighted by Gasteiger charge is 2.11. The summed E-state index contributed by atoms with van der Waals surface area (Å²) < 4.78 is 21.3. The molecule has 0 aliphatic rings. The number of ether oxygens (including phenoxy) is 1. The first kappa shape index (κ1) is 17.7. The van der Waals surface area contributed by atoms with Crippen LogP contribution in [0.4, 0.5) is 4.39 Å². The van der Waals surface area contributed by atoms with E-state index in [1.54, 1.807) is 34.7 Å². The minimum absolute atomic E-state index is 0.107. The summed E-state index contributed by atoms with van der Waals surface area (Å²) in [5, 5.41) is -0.107. The first-order valence-corrected chi connectivity index (χ1v) is 9.65. The molecule has 142 valence electrons. The zero-order valence-electron chi connectivity index (χ0n) is 14.5. The minimum atomic E-state index is -0.713. The van der Waals surface area contributed by atoms with Crippen molar-refractivity contribution in [2.24, 2.45) is 0 Å². The van der Waals surface area contributed by atoms with Crippen molar-refractivity contribution in [2.45, 2.75) is 0 Å². The SMILES string of the molecule is O=c1c(=Cc2ccc(Oc3nc(Cl)ncc3F)cc2)sc2nc3ccccc3n12. The van der Waals surface area contributed by atoms with Crippen molar-refractivity contribution in [1.29, 1.82) is 0 Å². The maximum Gasteiger partial charge on any atom is 0.274 e. The maximum absolute atomic E-state index is 13.7. The number of aromatic nitrogens is 4. The average molecular weight is 425 g/mol. The van der Waals surface area contributed by atoms with Crippen molar-refractivity contribution in [3.8, 4) is 11.6 Å². The van der Waals surface area contributed by atoms with E-state index < -0.39 is 5.82 Å². The molecular weight excluding hydrogens is 415 g/mol. The van der Waals surface area contributed by atoms with Crippen LogP contribution >= 0.6 is 22.9 Å². The molecule has 0 amide bonds. The van der Waals surface area contributed by atoms with Crippen molar-refractivity contribution in [3.05, 3.63) is 86.3 Å². The molecule has 0 bridgehead atoms. The molecule has 0 spiro atoms. The van der Waals surface area contributed by atoms with Crippen LogP contribution in [0.5, 0.6) is 11.6 Å². The van der Waals surface area contributed by atoms with Crippen LogP contribution in [0.15, 0.2) is 59.5 Å². The van der Waals surface area contributed by atoms with Gasteiger partial charge in [0, 0.05) is 0 Å². The summed E-state index contributed by atoms with van der Waals surface area (Å²) in [6.45, 7) is 0. The normalized spacial score (nSPS) is 12.1. The van der Waals surface area contributed by atoms with E-state index in [9.17, 15) is 9.18 Å². The molecule has 0 N–H and O–H groups in total. The monoisotopic (exact) mass is 424 g/mol. The van der Waals surface area contributed by atoms with Gasteiger partial charge in [0.05, 0.1) is 21.8 Å². The van der Waals surface area contributed by atoms with Crippen LogP contribution in [0.2, 0.25) is 5.28 Å². The maximum atomic E-state index is 13.7. The van der Waals surface area contributed by atoms with Crippen LogP contribution in [0.1, 0.15) is 5.56 Å². The van der Waals surface area contributed by atoms with Gasteiger partial charge in [0.15, 0.2) is 4.96 Å². The Balaban J connectivity index is 1.49. The summed E-state index contributed by atoms with van der Waals surface area (Å²) in [5.41, 5.74) is 2.26. The van der Waals surface area contributed by atoms with Gasteiger partial charge in [0.1, 0.15) is 5.75 Å². The van der Waals surface area contributed by atoms with E-state index in [1.807, 2.05) is 24.3 Å². The van der Waals surface area contributed by atoms with Gasteiger partial charge in [-0.2, -0.15) is 9.37 Å². The molecule has 0 radical (unpaired) electrons. The zero-order valence-corrected chi connectivity index (χ0v) is 16.1. The standard InChI is InChI=1S/C20H10ClFN4O2S/c21-19-23-10-13(22)17(25-19)28-12-7-5-11(6-8-12)9-16-18(27)26-15-4-2-1-3-14(15)24-20(26)29-16/h1-10H. The molecule has 0 unspecified atom stereocenters. The summed E-state index contributed by atoms with van der Waals surface area (Å²) in [7, 11) is 0. The molecule has 3 heterocycles. The molecule has 0 fully saturated rings. The Labute approximate surface area is 171 Å². The van der Waals surface area contributed by atoms with Gasteiger partial charge in [-0.15, -0.1) is 0 Å². The number of hydrogen-bond donors (Lipinski definition) is 0. The summed E-state index contributed by atoms with van der Waals surface area (Å²) in [6, 6.07) is 14.3. The highest BCUT2D eigenvalue weighted by molar-refractivity contribution is 7.15. The molecule has 0 atom stereocenters. The third-order valence-electron chi connectivity index (χ3n) is 4.22.